The summed E-state index contributed by atoms with van der Waals surface area (Å²) in [4.78, 5) is 190. The molecule has 8 amide bonds. The van der Waals surface area contributed by atoms with Gasteiger partial charge in [-0.3, -0.25) is 57.5 Å². The molecule has 150 heavy (non-hydrogen) atoms. The van der Waals surface area contributed by atoms with Crippen LogP contribution in [0.3, 0.4) is 0 Å². The fourth-order valence-corrected chi connectivity index (χ4v) is 25.1. The Morgan fingerprint density at radius 3 is 1.09 bits per heavy atom. The van der Waals surface area contributed by atoms with Gasteiger partial charge in [0.2, 0.25) is 35.4 Å². The summed E-state index contributed by atoms with van der Waals surface area (Å²) >= 11 is 14.9. The van der Waals surface area contributed by atoms with Gasteiger partial charge in [-0.25, -0.2) is 19.9 Å². The molecule has 0 saturated carbocycles. The number of likely N-dealkylation sites (tertiary alicyclic amines) is 4. The molecule has 0 unspecified atom stereocenters. The van der Waals surface area contributed by atoms with Gasteiger partial charge >= 0.3 is 0 Å². The molecule has 10 aromatic rings. The van der Waals surface area contributed by atoms with E-state index in [-0.39, 0.29) is 166 Å². The number of hydrogen-bond acceptors (Lipinski definition) is 25. The average molecular weight is 2270 g/mol. The van der Waals surface area contributed by atoms with Crippen LogP contribution in [0.2, 0.25) is 0 Å². The standard InChI is InChI=1S/2C30H32BrN3O4S.C28H39N3O4S.C27H37N3O4S2/c1-17(2)27(34-14-21-12-22(31)9-10-24(21)29(34)37)30(38)33-15-23(35)13-25(33)26(36)11-6-19-4-7-20(8-5-19)28-18(3)32-16-39-28;1-17(2)27(34-15-23-22(29(34)37)5-4-6-24(23)31)30(38)33-14-21(35)13-25(33)26(36)12-9-19-7-10-20(11-8-19)28-18(3)32-16-39-28;1-17(2)13-24(34)30-26(28(4,5)6)27(35)31-15-21(32)14-22(31)23(33)12-9-19-7-10-20(11-8-19)25-18(3)29-16-36-25;1-17(2)5-12-25(33)29-22(15-35-4)27(34)30-14-21(31)13-23(30)24(32)11-8-19-6-9-20(10-7-19)26-18(3)28-16-36-26/h4-5,7-10,12,16-17,23,25,27,35H,6,11,13-15H2,1-3H3;4-8,10-11,16-17,21,25,27,35H,9,12-15H2,1-3H3;7-8,10-11,16-17,21-22,26,32H,9,12-15H2,1-6H3,(H,30,34);6-7,9-10,16-17,21-23,31H,5,8,11-15H2,1-4H3,(H,29,33)/t23-,25+,27+;21-,25+,27+;21-,22+,26-;21-,22+,23+/m1111/s1. The van der Waals surface area contributed by atoms with Crippen LogP contribution in [0.25, 0.3) is 41.8 Å². The van der Waals surface area contributed by atoms with Crippen molar-refractivity contribution < 1.29 is 78.0 Å². The molecule has 0 aliphatic carbocycles. The zero-order valence-electron chi connectivity index (χ0n) is 88.3. The minimum Gasteiger partial charge on any atom is -0.391 e. The second kappa shape index (κ2) is 52.8. The van der Waals surface area contributed by atoms with Crippen LogP contribution in [0.15, 0.2) is 164 Å². The van der Waals surface area contributed by atoms with Crippen molar-refractivity contribution in [2.75, 3.05) is 38.2 Å². The SMILES string of the molecule is CSC[C@H](NC(=O)CCC(C)C)C(=O)N1C[C@H](O)C[C@H]1C(=O)CCc1ccc(-c2scnc2C)cc1.Cc1ncsc1-c1ccc(CCC(=O)[C@@H]2C[C@@H](O)CN2C(=O)[C@@H](NC(=O)CC(C)C)C(C)(C)C)cc1.Cc1ncsc1-c1ccc(CCC(=O)[C@@H]2C[C@@H](O)CN2C(=O)[C@H](C(C)C)N2Cc3c(Br)cccc3C2=O)cc1.Cc1ncsc1-c1ccc(CCC(=O)[C@@H]2C[C@@H](O)CN2C(=O)[C@H](C(C)C)N2Cc3cc(Br)ccc3C2=O)cc1. The molecule has 10 heterocycles. The Morgan fingerprint density at radius 2 is 0.773 bits per heavy atom. The van der Waals surface area contributed by atoms with Gasteiger partial charge in [0.1, 0.15) is 24.2 Å². The molecule has 800 valence electrons. The lowest BCUT2D eigenvalue weighted by molar-refractivity contribution is -0.143. The first kappa shape index (κ1) is 117. The van der Waals surface area contributed by atoms with E-state index in [1.54, 1.807) is 67.3 Å². The molecule has 0 spiro atoms. The summed E-state index contributed by atoms with van der Waals surface area (Å²) in [6.45, 7) is 30.4. The van der Waals surface area contributed by atoms with E-state index >= 15 is 0 Å². The topological polar surface area (TPSA) is 381 Å². The summed E-state index contributed by atoms with van der Waals surface area (Å²) in [5.41, 5.74) is 22.3. The lowest BCUT2D eigenvalue weighted by Gasteiger charge is -2.35. The first-order valence-corrected chi connectivity index (χ1v) is 58.1. The maximum Gasteiger partial charge on any atom is 0.255 e. The van der Waals surface area contributed by atoms with E-state index in [2.05, 4.69) is 76.3 Å². The molecule has 6 N–H and O–H groups in total. The van der Waals surface area contributed by atoms with Gasteiger partial charge in [-0.15, -0.1) is 45.3 Å². The molecule has 6 aromatic carbocycles. The Morgan fingerprint density at radius 1 is 0.427 bits per heavy atom. The van der Waals surface area contributed by atoms with E-state index < -0.39 is 78.2 Å². The number of aryl methyl sites for hydroxylation is 8. The number of ketones is 4. The summed E-state index contributed by atoms with van der Waals surface area (Å²) in [5.74, 6) is -1.43. The average Bonchev–Trinajstić information content (AvgIpc) is 1.61. The second-order valence-corrected chi connectivity index (χ2v) is 48.7. The number of carbonyl (C=O) groups is 12. The van der Waals surface area contributed by atoms with Crippen molar-refractivity contribution in [1.82, 2.24) is 60.0 Å². The van der Waals surface area contributed by atoms with E-state index in [4.69, 9.17) is 0 Å². The number of nitrogens with zero attached hydrogens (tertiary/aromatic N) is 10. The Hall–Kier alpha value is -10.6. The Balaban J connectivity index is 0.000000167. The van der Waals surface area contributed by atoms with Crippen LogP contribution in [-0.2, 0) is 86.7 Å². The number of nitrogens with one attached hydrogen (secondary N) is 2. The fraction of sp³-hybridized carbons (Fsp3) is 0.478. The number of aliphatic hydroxyl groups excluding tert-OH is 4. The maximum atomic E-state index is 13.9. The van der Waals surface area contributed by atoms with Crippen molar-refractivity contribution in [1.29, 1.82) is 0 Å². The van der Waals surface area contributed by atoms with E-state index in [1.165, 1.54) is 31.4 Å². The van der Waals surface area contributed by atoms with Crippen LogP contribution >= 0.6 is 89.0 Å². The largest absolute Gasteiger partial charge is 0.391 e. The van der Waals surface area contributed by atoms with Crippen LogP contribution in [0.1, 0.15) is 224 Å². The van der Waals surface area contributed by atoms with Crippen LogP contribution in [-0.4, -0.2) is 251 Å². The van der Waals surface area contributed by atoms with E-state index in [1.807, 2.05) is 240 Å². The van der Waals surface area contributed by atoms with Gasteiger partial charge < -0.3 is 60.5 Å². The van der Waals surface area contributed by atoms with Gasteiger partial charge in [-0.05, 0) is 181 Å². The zero-order chi connectivity index (χ0) is 109. The molecule has 6 aliphatic heterocycles. The molecule has 12 atom stereocenters. The molecule has 4 aromatic heterocycles. The monoisotopic (exact) mass is 2260 g/mol. The maximum absolute atomic E-state index is 13.9. The number of carbonyl (C=O) groups excluding carboxylic acids is 12. The number of aliphatic hydroxyl groups is 4. The number of hydrogen-bond donors (Lipinski definition) is 6. The molecule has 4 fully saturated rings. The van der Waals surface area contributed by atoms with Gasteiger partial charge in [0.25, 0.3) is 11.8 Å². The Labute approximate surface area is 916 Å². The number of halogens is 2. The lowest BCUT2D eigenvalue weighted by Crippen LogP contribution is -2.56. The second-order valence-electron chi connectivity index (χ2n) is 42.6. The van der Waals surface area contributed by atoms with Crippen LogP contribution in [0, 0.1) is 56.8 Å². The third-order valence-corrected chi connectivity index (χ3v) is 34.2. The predicted octanol–water partition coefficient (Wildman–Crippen LogP) is 18.1. The van der Waals surface area contributed by atoms with Gasteiger partial charge in [0, 0.05) is 129 Å². The Bertz CT molecular complexity index is 6440. The molecule has 16 rings (SSSR count). The fourth-order valence-electron chi connectivity index (χ4n) is 20.4. The van der Waals surface area contributed by atoms with E-state index in [9.17, 15) is 78.0 Å². The molecular weight excluding hydrogens is 2130 g/mol. The minimum atomic E-state index is -0.771. The highest BCUT2D eigenvalue weighted by molar-refractivity contribution is 9.10. The molecule has 35 heteroatoms. The third-order valence-electron chi connectivity index (χ3n) is 28.4. The highest BCUT2D eigenvalue weighted by Crippen LogP contribution is 2.40. The molecule has 28 nitrogen and oxygen atoms in total. The summed E-state index contributed by atoms with van der Waals surface area (Å²) in [6.07, 6.45) is 4.54. The summed E-state index contributed by atoms with van der Waals surface area (Å²) < 4.78 is 1.72. The van der Waals surface area contributed by atoms with Gasteiger partial charge in [-0.1, -0.05) is 211 Å². The van der Waals surface area contributed by atoms with Crippen molar-refractivity contribution in [3.8, 4) is 41.8 Å². The number of β-amino-alcohol motifs (C(OH)–C–C–N with tert-alkyl or cyclic N) is 4. The van der Waals surface area contributed by atoms with E-state index in [0.717, 1.165) is 113 Å². The lowest BCUT2D eigenvalue weighted by atomic mass is 9.85. The molecule has 0 bridgehead atoms. The van der Waals surface area contributed by atoms with Crippen LogP contribution in [0.5, 0.6) is 0 Å². The van der Waals surface area contributed by atoms with Crippen LogP contribution < -0.4 is 10.6 Å². The van der Waals surface area contributed by atoms with Gasteiger partial charge in [-0.2, -0.15) is 11.8 Å². The number of benzene rings is 6. The van der Waals surface area contributed by atoms with Crippen molar-refractivity contribution in [2.24, 2.45) is 29.1 Å². The number of rotatable bonds is 37. The predicted molar refractivity (Wildman–Crippen MR) is 597 cm³/mol. The molecule has 0 radical (unpaired) electrons. The van der Waals surface area contributed by atoms with Crippen LogP contribution in [0.4, 0.5) is 0 Å². The minimum absolute atomic E-state index is 0.0590. The zero-order valence-corrected chi connectivity index (χ0v) is 95.5. The number of amides is 8. The molecule has 6 aliphatic rings. The van der Waals surface area contributed by atoms with Crippen molar-refractivity contribution >= 4 is 159 Å². The third kappa shape index (κ3) is 29.5. The number of Topliss-reactive ketones (excluding diaryl/α,β-unsaturated/α-hetero) is 4. The number of thiazole rings is 4. The summed E-state index contributed by atoms with van der Waals surface area (Å²) in [5, 5.41) is 47.3. The quantitative estimate of drug-likeness (QED) is 0.0211. The first-order chi connectivity index (χ1) is 71.3. The van der Waals surface area contributed by atoms with Gasteiger partial charge in [0.15, 0.2) is 23.1 Å². The number of fused-ring (bicyclic) bond motifs is 2. The van der Waals surface area contributed by atoms with Crippen molar-refractivity contribution in [3.63, 3.8) is 0 Å². The van der Waals surface area contributed by atoms with Gasteiger partial charge in [0.05, 0.1) is 113 Å². The van der Waals surface area contributed by atoms with E-state index in [0.29, 0.717) is 74.4 Å². The normalized spacial score (nSPS) is 19.2. The summed E-state index contributed by atoms with van der Waals surface area (Å²) in [6, 6.07) is 37.9. The summed E-state index contributed by atoms with van der Waals surface area (Å²) in [7, 11) is 0. The highest BCUT2D eigenvalue weighted by Gasteiger charge is 2.50. The van der Waals surface area contributed by atoms with Crippen molar-refractivity contribution in [2.45, 2.75) is 286 Å². The smallest absolute Gasteiger partial charge is 0.255 e. The molecular formula is C115H140Br2N12O16S5. The van der Waals surface area contributed by atoms with Crippen molar-refractivity contribution in [3.05, 3.63) is 232 Å². The number of thioether (sulfide) groups is 1. The molecule has 4 saturated heterocycles. The highest BCUT2D eigenvalue weighted by atomic mass is 79.9. The first-order valence-electron chi connectivity index (χ1n) is 51.6. The Kier molecular flexibility index (Phi) is 41.0. The number of aromatic nitrogens is 4.